The number of nitrogens with zero attached hydrogens (tertiary/aromatic N) is 2. The summed E-state index contributed by atoms with van der Waals surface area (Å²) in [7, 11) is 0. The van der Waals surface area contributed by atoms with Crippen molar-refractivity contribution in [3.05, 3.63) is 65.5 Å². The van der Waals surface area contributed by atoms with Gasteiger partial charge in [-0.25, -0.2) is 4.68 Å². The molecule has 3 aromatic rings. The Kier molecular flexibility index (Phi) is 4.54. The first-order valence-electron chi connectivity index (χ1n) is 8.91. The number of aromatic nitrogens is 2. The molecule has 6 nitrogen and oxygen atoms in total. The van der Waals surface area contributed by atoms with Crippen molar-refractivity contribution in [1.82, 2.24) is 9.78 Å². The molecule has 1 N–H and O–H groups in total. The second-order valence-electron chi connectivity index (χ2n) is 6.56. The molecular weight excluding hydrogens is 342 g/mol. The highest BCUT2D eigenvalue weighted by Crippen LogP contribution is 2.31. The molecule has 0 bridgehead atoms. The summed E-state index contributed by atoms with van der Waals surface area (Å²) in [5, 5.41) is 7.52. The lowest BCUT2D eigenvalue weighted by molar-refractivity contribution is -0.115. The fourth-order valence-corrected chi connectivity index (χ4v) is 3.21. The number of amides is 1. The first-order valence-corrected chi connectivity index (χ1v) is 8.91. The van der Waals surface area contributed by atoms with Crippen LogP contribution in [0.25, 0.3) is 5.69 Å². The molecule has 0 aliphatic carbocycles. The van der Waals surface area contributed by atoms with E-state index in [9.17, 15) is 4.79 Å². The SMILES string of the molecule is Cc1cc(C)n(-c2ccccc2NC(=O)Cc2ccc3c(c2)OCCO3)n1. The number of benzene rings is 2. The molecule has 0 fully saturated rings. The largest absolute Gasteiger partial charge is 0.486 e. The van der Waals surface area contributed by atoms with E-state index in [0.717, 1.165) is 34.1 Å². The first kappa shape index (κ1) is 17.1. The molecule has 6 heteroatoms. The Bertz CT molecular complexity index is 994. The molecule has 1 aliphatic rings. The van der Waals surface area contributed by atoms with Gasteiger partial charge in [0.05, 0.1) is 23.5 Å². The predicted molar refractivity (Wildman–Crippen MR) is 103 cm³/mol. The average molecular weight is 363 g/mol. The molecular formula is C21H21N3O3. The van der Waals surface area contributed by atoms with Crippen molar-refractivity contribution >= 4 is 11.6 Å². The van der Waals surface area contributed by atoms with Crippen molar-refractivity contribution in [2.24, 2.45) is 0 Å². The van der Waals surface area contributed by atoms with Crippen LogP contribution in [-0.4, -0.2) is 28.9 Å². The van der Waals surface area contributed by atoms with Crippen molar-refractivity contribution in [3.63, 3.8) is 0 Å². The summed E-state index contributed by atoms with van der Waals surface area (Å²) in [6.45, 7) is 5.02. The van der Waals surface area contributed by atoms with Crippen molar-refractivity contribution in [3.8, 4) is 17.2 Å². The van der Waals surface area contributed by atoms with Gasteiger partial charge in [0.15, 0.2) is 11.5 Å². The minimum Gasteiger partial charge on any atom is -0.486 e. The summed E-state index contributed by atoms with van der Waals surface area (Å²) in [5.74, 6) is 1.32. The van der Waals surface area contributed by atoms with Gasteiger partial charge in [-0.1, -0.05) is 18.2 Å². The van der Waals surface area contributed by atoms with Crippen LogP contribution in [0.1, 0.15) is 17.0 Å². The summed E-state index contributed by atoms with van der Waals surface area (Å²) < 4.78 is 13.0. The maximum atomic E-state index is 12.6. The topological polar surface area (TPSA) is 65.4 Å². The van der Waals surface area contributed by atoms with Gasteiger partial charge in [0.25, 0.3) is 0 Å². The fraction of sp³-hybridized carbons (Fsp3) is 0.238. The molecule has 0 unspecified atom stereocenters. The van der Waals surface area contributed by atoms with Crippen LogP contribution >= 0.6 is 0 Å². The van der Waals surface area contributed by atoms with Crippen LogP contribution in [0.5, 0.6) is 11.5 Å². The Balaban J connectivity index is 1.53. The number of carbonyl (C=O) groups excluding carboxylic acids is 1. The fourth-order valence-electron chi connectivity index (χ4n) is 3.21. The number of anilines is 1. The monoisotopic (exact) mass is 363 g/mol. The van der Waals surface area contributed by atoms with Crippen LogP contribution in [0.2, 0.25) is 0 Å². The average Bonchev–Trinajstić information content (AvgIpc) is 3.00. The number of aryl methyl sites for hydroxylation is 2. The normalized spacial score (nSPS) is 12.7. The maximum Gasteiger partial charge on any atom is 0.228 e. The zero-order chi connectivity index (χ0) is 18.8. The van der Waals surface area contributed by atoms with Crippen LogP contribution < -0.4 is 14.8 Å². The van der Waals surface area contributed by atoms with E-state index in [1.54, 1.807) is 0 Å². The van der Waals surface area contributed by atoms with Gasteiger partial charge in [-0.3, -0.25) is 4.79 Å². The molecule has 27 heavy (non-hydrogen) atoms. The van der Waals surface area contributed by atoms with Crippen molar-refractivity contribution in [1.29, 1.82) is 0 Å². The summed E-state index contributed by atoms with van der Waals surface area (Å²) in [4.78, 5) is 12.6. The molecule has 0 radical (unpaired) electrons. The lowest BCUT2D eigenvalue weighted by Gasteiger charge is -2.19. The van der Waals surface area contributed by atoms with E-state index in [4.69, 9.17) is 9.47 Å². The van der Waals surface area contributed by atoms with E-state index in [1.165, 1.54) is 0 Å². The molecule has 0 saturated heterocycles. The molecule has 0 atom stereocenters. The second kappa shape index (κ2) is 7.15. The molecule has 0 spiro atoms. The van der Waals surface area contributed by atoms with Gasteiger partial charge in [-0.15, -0.1) is 0 Å². The molecule has 138 valence electrons. The van der Waals surface area contributed by atoms with Crippen LogP contribution in [0.3, 0.4) is 0 Å². The molecule has 1 aliphatic heterocycles. The summed E-state index contributed by atoms with van der Waals surface area (Å²) >= 11 is 0. The number of carbonyl (C=O) groups is 1. The Morgan fingerprint density at radius 3 is 2.63 bits per heavy atom. The quantitative estimate of drug-likeness (QED) is 0.771. The molecule has 4 rings (SSSR count). The number of hydrogen-bond acceptors (Lipinski definition) is 4. The van der Waals surface area contributed by atoms with Crippen LogP contribution in [0, 0.1) is 13.8 Å². The van der Waals surface area contributed by atoms with Gasteiger partial charge in [0.1, 0.15) is 13.2 Å². The van der Waals surface area contributed by atoms with Gasteiger partial charge in [-0.2, -0.15) is 5.10 Å². The van der Waals surface area contributed by atoms with E-state index < -0.39 is 0 Å². The highest BCUT2D eigenvalue weighted by molar-refractivity contribution is 5.94. The van der Waals surface area contributed by atoms with Gasteiger partial charge in [-0.05, 0) is 49.7 Å². The van der Waals surface area contributed by atoms with Crippen LogP contribution in [0.15, 0.2) is 48.5 Å². The Morgan fingerprint density at radius 2 is 1.85 bits per heavy atom. The minimum atomic E-state index is -0.0966. The number of ether oxygens (including phenoxy) is 2. The van der Waals surface area contributed by atoms with Gasteiger partial charge >= 0.3 is 0 Å². The maximum absolute atomic E-state index is 12.6. The van der Waals surface area contributed by atoms with E-state index in [-0.39, 0.29) is 12.3 Å². The lowest BCUT2D eigenvalue weighted by atomic mass is 10.1. The smallest absolute Gasteiger partial charge is 0.228 e. The summed E-state index contributed by atoms with van der Waals surface area (Å²) in [6, 6.07) is 15.3. The first-order chi connectivity index (χ1) is 13.1. The van der Waals surface area contributed by atoms with Crippen LogP contribution in [-0.2, 0) is 11.2 Å². The number of rotatable bonds is 4. The van der Waals surface area contributed by atoms with Crippen LogP contribution in [0.4, 0.5) is 5.69 Å². The minimum absolute atomic E-state index is 0.0966. The predicted octanol–water partition coefficient (Wildman–Crippen LogP) is 3.44. The zero-order valence-electron chi connectivity index (χ0n) is 15.4. The van der Waals surface area contributed by atoms with E-state index in [2.05, 4.69) is 10.4 Å². The Hall–Kier alpha value is -3.28. The Labute approximate surface area is 157 Å². The highest BCUT2D eigenvalue weighted by atomic mass is 16.6. The molecule has 2 heterocycles. The van der Waals surface area contributed by atoms with Crippen molar-refractivity contribution in [2.45, 2.75) is 20.3 Å². The lowest BCUT2D eigenvalue weighted by Crippen LogP contribution is -2.18. The van der Waals surface area contributed by atoms with Crippen molar-refractivity contribution in [2.75, 3.05) is 18.5 Å². The standard InChI is InChI=1S/C21H21N3O3/c1-14-11-15(2)24(23-14)18-6-4-3-5-17(18)22-21(25)13-16-7-8-19-20(12-16)27-10-9-26-19/h3-8,11-12H,9-10,13H2,1-2H3,(H,22,25). The third-order valence-corrected chi connectivity index (χ3v) is 4.39. The van der Waals surface area contributed by atoms with Crippen molar-refractivity contribution < 1.29 is 14.3 Å². The van der Waals surface area contributed by atoms with Gasteiger partial charge in [0, 0.05) is 5.69 Å². The molecule has 1 amide bonds. The number of para-hydroxylation sites is 2. The number of fused-ring (bicyclic) bond motifs is 1. The second-order valence-corrected chi connectivity index (χ2v) is 6.56. The molecule has 2 aromatic carbocycles. The Morgan fingerprint density at radius 1 is 1.07 bits per heavy atom. The third-order valence-electron chi connectivity index (χ3n) is 4.39. The summed E-state index contributed by atoms with van der Waals surface area (Å²) in [6.07, 6.45) is 0.252. The number of hydrogen-bond donors (Lipinski definition) is 1. The van der Waals surface area contributed by atoms with Gasteiger partial charge < -0.3 is 14.8 Å². The van der Waals surface area contributed by atoms with E-state index >= 15 is 0 Å². The van der Waals surface area contributed by atoms with E-state index in [1.807, 2.05) is 67.1 Å². The molecule has 0 saturated carbocycles. The molecule has 1 aromatic heterocycles. The third kappa shape index (κ3) is 3.65. The zero-order valence-corrected chi connectivity index (χ0v) is 15.4. The summed E-state index contributed by atoms with van der Waals surface area (Å²) in [5.41, 5.74) is 4.40. The highest BCUT2D eigenvalue weighted by Gasteiger charge is 2.15. The number of nitrogens with one attached hydrogen (secondary N) is 1. The van der Waals surface area contributed by atoms with Gasteiger partial charge in [0.2, 0.25) is 5.91 Å². The van der Waals surface area contributed by atoms with E-state index in [0.29, 0.717) is 19.0 Å².